The Labute approximate surface area is 96.1 Å². The smallest absolute Gasteiger partial charge is 0.384 e. The molecule has 96 valence electrons. The summed E-state index contributed by atoms with van der Waals surface area (Å²) in [5.74, 6) is -0.688. The zero-order valence-electron chi connectivity index (χ0n) is 9.13. The molecule has 0 aliphatic heterocycles. The van der Waals surface area contributed by atoms with Crippen LogP contribution in [0.15, 0.2) is 24.3 Å². The van der Waals surface area contributed by atoms with Crippen LogP contribution in [0, 0.1) is 5.82 Å². The summed E-state index contributed by atoms with van der Waals surface area (Å²) < 4.78 is 50.0. The largest absolute Gasteiger partial charge is 0.414 e. The van der Waals surface area contributed by atoms with Crippen LogP contribution in [0.2, 0.25) is 0 Å². The lowest BCUT2D eigenvalue weighted by atomic mass is 9.87. The first-order valence-electron chi connectivity index (χ1n) is 4.93. The van der Waals surface area contributed by atoms with Crippen LogP contribution < -0.4 is 5.73 Å². The van der Waals surface area contributed by atoms with Gasteiger partial charge in [0, 0.05) is 17.5 Å². The molecule has 0 saturated heterocycles. The monoisotopic (exact) mass is 251 g/mol. The lowest BCUT2D eigenvalue weighted by Gasteiger charge is -2.29. The van der Waals surface area contributed by atoms with Crippen molar-refractivity contribution in [3.8, 4) is 0 Å². The first-order chi connectivity index (χ1) is 7.64. The van der Waals surface area contributed by atoms with Crippen molar-refractivity contribution in [1.82, 2.24) is 0 Å². The van der Waals surface area contributed by atoms with Crippen molar-refractivity contribution in [3.05, 3.63) is 35.6 Å². The third-order valence-electron chi connectivity index (χ3n) is 2.48. The zero-order valence-corrected chi connectivity index (χ0v) is 9.13. The highest BCUT2D eigenvalue weighted by atomic mass is 19.4. The molecular weight excluding hydrogens is 238 g/mol. The molecule has 3 N–H and O–H groups in total. The maximum atomic E-state index is 13.4. The van der Waals surface area contributed by atoms with Gasteiger partial charge in [-0.2, -0.15) is 13.2 Å². The van der Waals surface area contributed by atoms with E-state index in [-0.39, 0.29) is 5.56 Å². The van der Waals surface area contributed by atoms with Crippen molar-refractivity contribution in [2.24, 2.45) is 5.73 Å². The molecule has 0 fully saturated rings. The van der Waals surface area contributed by atoms with Crippen LogP contribution in [-0.2, 0) is 5.54 Å². The second-order valence-corrected chi connectivity index (χ2v) is 4.16. The van der Waals surface area contributed by atoms with Crippen LogP contribution in [-0.4, -0.2) is 17.4 Å². The third kappa shape index (κ3) is 3.41. The lowest BCUT2D eigenvalue weighted by Crippen LogP contribution is -2.42. The highest BCUT2D eigenvalue weighted by Crippen LogP contribution is 2.31. The molecule has 0 heterocycles. The van der Waals surface area contributed by atoms with Gasteiger partial charge in [-0.05, 0) is 13.0 Å². The fourth-order valence-electron chi connectivity index (χ4n) is 1.55. The van der Waals surface area contributed by atoms with Crippen molar-refractivity contribution >= 4 is 0 Å². The third-order valence-corrected chi connectivity index (χ3v) is 2.48. The number of benzene rings is 1. The molecule has 6 heteroatoms. The molecule has 0 aliphatic carbocycles. The number of rotatable bonds is 3. The summed E-state index contributed by atoms with van der Waals surface area (Å²) in [7, 11) is 0. The lowest BCUT2D eigenvalue weighted by molar-refractivity contribution is -0.209. The minimum Gasteiger partial charge on any atom is -0.384 e. The van der Waals surface area contributed by atoms with E-state index >= 15 is 0 Å². The molecular formula is C11H13F4NO. The maximum absolute atomic E-state index is 13.4. The van der Waals surface area contributed by atoms with Gasteiger partial charge in [0.05, 0.1) is 0 Å². The Morgan fingerprint density at radius 1 is 1.29 bits per heavy atom. The Kier molecular flexibility index (Phi) is 3.78. The molecule has 0 spiro atoms. The summed E-state index contributed by atoms with van der Waals surface area (Å²) >= 11 is 0. The van der Waals surface area contributed by atoms with Crippen LogP contribution in [0.1, 0.15) is 18.9 Å². The zero-order chi connectivity index (χ0) is 13.3. The molecule has 1 aromatic rings. The minimum absolute atomic E-state index is 0.0525. The van der Waals surface area contributed by atoms with Gasteiger partial charge in [0.1, 0.15) is 5.82 Å². The number of aliphatic hydroxyl groups excluding tert-OH is 1. The number of halogens is 4. The second-order valence-electron chi connectivity index (χ2n) is 4.16. The van der Waals surface area contributed by atoms with E-state index in [9.17, 15) is 17.6 Å². The van der Waals surface area contributed by atoms with Crippen molar-refractivity contribution in [3.63, 3.8) is 0 Å². The summed E-state index contributed by atoms with van der Waals surface area (Å²) in [6.45, 7) is 1.25. The average molecular weight is 251 g/mol. The van der Waals surface area contributed by atoms with Crippen LogP contribution in [0.3, 0.4) is 0 Å². The van der Waals surface area contributed by atoms with Gasteiger partial charge in [0.2, 0.25) is 0 Å². The van der Waals surface area contributed by atoms with Crippen LogP contribution in [0.4, 0.5) is 17.6 Å². The molecule has 2 nitrogen and oxygen atoms in total. The van der Waals surface area contributed by atoms with E-state index in [1.807, 2.05) is 0 Å². The number of nitrogens with two attached hydrogens (primary N) is 1. The minimum atomic E-state index is -4.76. The van der Waals surface area contributed by atoms with Gasteiger partial charge in [0.25, 0.3) is 0 Å². The van der Waals surface area contributed by atoms with Crippen molar-refractivity contribution < 1.29 is 22.7 Å². The second kappa shape index (κ2) is 4.62. The van der Waals surface area contributed by atoms with Crippen molar-refractivity contribution in [2.45, 2.75) is 31.2 Å². The van der Waals surface area contributed by atoms with Crippen LogP contribution >= 0.6 is 0 Å². The first kappa shape index (κ1) is 13.9. The molecule has 0 aromatic heterocycles. The Morgan fingerprint density at radius 3 is 2.29 bits per heavy atom. The SMILES string of the molecule is C[C@](N)(C[C@H](O)C(F)(F)F)c1ccccc1F. The molecule has 1 aromatic carbocycles. The van der Waals surface area contributed by atoms with Gasteiger partial charge in [-0.3, -0.25) is 0 Å². The molecule has 0 saturated carbocycles. The predicted molar refractivity (Wildman–Crippen MR) is 54.6 cm³/mol. The molecule has 0 bridgehead atoms. The Morgan fingerprint density at radius 2 is 1.82 bits per heavy atom. The summed E-state index contributed by atoms with van der Waals surface area (Å²) in [6, 6.07) is 5.30. The highest BCUT2D eigenvalue weighted by Gasteiger charge is 2.42. The van der Waals surface area contributed by atoms with Gasteiger partial charge in [-0.25, -0.2) is 4.39 Å². The molecule has 0 aliphatic rings. The summed E-state index contributed by atoms with van der Waals surface area (Å²) in [6.07, 6.45) is -8.12. The normalized spacial score (nSPS) is 17.6. The first-order valence-corrected chi connectivity index (χ1v) is 4.93. The van der Waals surface area contributed by atoms with Gasteiger partial charge in [0.15, 0.2) is 6.10 Å². The quantitative estimate of drug-likeness (QED) is 0.810. The number of hydrogen-bond acceptors (Lipinski definition) is 2. The van der Waals surface area contributed by atoms with Gasteiger partial charge >= 0.3 is 6.18 Å². The predicted octanol–water partition coefficient (Wildman–Crippen LogP) is 2.31. The van der Waals surface area contributed by atoms with E-state index in [1.165, 1.54) is 25.1 Å². The van der Waals surface area contributed by atoms with E-state index in [0.29, 0.717) is 0 Å². The topological polar surface area (TPSA) is 46.2 Å². The molecule has 17 heavy (non-hydrogen) atoms. The molecule has 2 atom stereocenters. The van der Waals surface area contributed by atoms with Crippen molar-refractivity contribution in [2.75, 3.05) is 0 Å². The van der Waals surface area contributed by atoms with Gasteiger partial charge in [-0.15, -0.1) is 0 Å². The number of aliphatic hydroxyl groups is 1. The molecule has 0 unspecified atom stereocenters. The van der Waals surface area contributed by atoms with Gasteiger partial charge < -0.3 is 10.8 Å². The van der Waals surface area contributed by atoms with Crippen molar-refractivity contribution in [1.29, 1.82) is 0 Å². The van der Waals surface area contributed by atoms with E-state index in [4.69, 9.17) is 10.8 Å². The highest BCUT2D eigenvalue weighted by molar-refractivity contribution is 5.25. The summed E-state index contributed by atoms with van der Waals surface area (Å²) in [5, 5.41) is 8.95. The molecule has 1 rings (SSSR count). The Bertz CT molecular complexity index is 389. The number of alkyl halides is 3. The Hall–Kier alpha value is -1.14. The molecule has 0 amide bonds. The van der Waals surface area contributed by atoms with E-state index in [1.54, 1.807) is 0 Å². The van der Waals surface area contributed by atoms with Gasteiger partial charge in [-0.1, -0.05) is 18.2 Å². The summed E-state index contributed by atoms with van der Waals surface area (Å²) in [4.78, 5) is 0. The maximum Gasteiger partial charge on any atom is 0.414 e. The average Bonchev–Trinajstić information content (AvgIpc) is 2.15. The standard InChI is InChI=1S/C11H13F4NO/c1-10(16,6-9(17)11(13,14)15)7-4-2-3-5-8(7)12/h2-5,9,17H,6,16H2,1H3/t9-,10-/m0/s1. The molecule has 0 radical (unpaired) electrons. The summed E-state index contributed by atoms with van der Waals surface area (Å²) in [5.41, 5.74) is 4.00. The Balaban J connectivity index is 2.93. The fraction of sp³-hybridized carbons (Fsp3) is 0.455. The van der Waals surface area contributed by atoms with E-state index < -0.39 is 30.1 Å². The number of hydrogen-bond donors (Lipinski definition) is 2. The van der Waals surface area contributed by atoms with E-state index in [0.717, 1.165) is 6.07 Å². The fourth-order valence-corrected chi connectivity index (χ4v) is 1.55. The van der Waals surface area contributed by atoms with Crippen LogP contribution in [0.25, 0.3) is 0 Å². The van der Waals surface area contributed by atoms with Crippen LogP contribution in [0.5, 0.6) is 0 Å². The van der Waals surface area contributed by atoms with E-state index in [2.05, 4.69) is 0 Å².